The maximum Gasteiger partial charge on any atom is 0.586 e. The van der Waals surface area contributed by atoms with Crippen molar-refractivity contribution in [2.24, 2.45) is 0 Å². The number of ether oxygens (including phenoxy) is 8. The van der Waals surface area contributed by atoms with Gasteiger partial charge in [0.25, 0.3) is 11.1 Å². The molecule has 0 radical (unpaired) electrons. The number of nitrogens with two attached hydrogens (primary N) is 1. The lowest BCUT2D eigenvalue weighted by molar-refractivity contribution is -0.349. The minimum absolute atomic E-state index is 0.00942. The molecule has 0 atom stereocenters. The number of fused-ring (bicyclic) bond motifs is 3. The average Bonchev–Trinajstić information content (AvgIpc) is 1.29. The van der Waals surface area contributed by atoms with Gasteiger partial charge in [-0.05, 0) is 125 Å². The molecule has 8 aromatic carbocycles. The quantitative estimate of drug-likeness (QED) is 0.0295. The number of anilines is 2. The van der Waals surface area contributed by atoms with Gasteiger partial charge in [-0.2, -0.15) is 70.2 Å². The number of carbonyl (C=O) groups excluding carboxylic acids is 5. The predicted molar refractivity (Wildman–Crippen MR) is 337 cm³/mol. The lowest BCUT2D eigenvalue weighted by Crippen LogP contribution is -2.50. The van der Waals surface area contributed by atoms with Gasteiger partial charge in [0.1, 0.15) is 23.1 Å². The number of ketones is 3. The zero-order valence-corrected chi connectivity index (χ0v) is 57.3. The number of carboxylic acid groups (broad SMARTS) is 1. The first-order valence-corrected chi connectivity index (χ1v) is 31.4. The number of amides is 1. The number of alkyl halides is 24. The van der Waals surface area contributed by atoms with E-state index in [2.05, 4.69) is 37.9 Å². The zero-order valence-electron chi connectivity index (χ0n) is 55.1. The highest BCUT2D eigenvalue weighted by molar-refractivity contribution is 6.67. The summed E-state index contributed by atoms with van der Waals surface area (Å²) < 4.78 is 388. The van der Waals surface area contributed by atoms with Crippen LogP contribution in [0.25, 0.3) is 0 Å². The van der Waals surface area contributed by atoms with Crippen LogP contribution < -0.4 is 48.9 Å². The summed E-state index contributed by atoms with van der Waals surface area (Å²) >= 11 is 16.2. The molecule has 0 saturated carbocycles. The van der Waals surface area contributed by atoms with Crippen molar-refractivity contribution in [3.8, 4) is 46.0 Å². The first kappa shape index (κ1) is 89.1. The van der Waals surface area contributed by atoms with Crippen molar-refractivity contribution >= 4 is 80.6 Å². The summed E-state index contributed by atoms with van der Waals surface area (Å²) in [5.74, 6) is -13.2. The highest BCUT2D eigenvalue weighted by Crippen LogP contribution is 2.57. The van der Waals surface area contributed by atoms with Gasteiger partial charge in [-0.3, -0.25) is 24.0 Å². The van der Waals surface area contributed by atoms with Crippen LogP contribution in [0, 0.1) is 17.5 Å². The fourth-order valence-electron chi connectivity index (χ4n) is 10.1. The van der Waals surface area contributed by atoms with Gasteiger partial charge in [0.05, 0.1) is 32.4 Å². The molecule has 4 N–H and O–H groups in total. The number of nitrogens with one attached hydrogen (secondary N) is 1. The van der Waals surface area contributed by atoms with Gasteiger partial charge in [0.2, 0.25) is 0 Å². The number of hydrogen-bond donors (Lipinski definition) is 3. The molecule has 0 spiro atoms. The molecule has 1 amide bonds. The minimum Gasteiger partial charge on any atom is -0.478 e. The van der Waals surface area contributed by atoms with Gasteiger partial charge < -0.3 is 54.1 Å². The second-order valence-corrected chi connectivity index (χ2v) is 24.1. The lowest BCUT2D eigenvalue weighted by atomic mass is 9.93. The van der Waals surface area contributed by atoms with Crippen molar-refractivity contribution in [2.45, 2.75) is 87.4 Å². The molecule has 47 heteroatoms. The third kappa shape index (κ3) is 20.0. The van der Waals surface area contributed by atoms with Crippen LogP contribution in [0.3, 0.4) is 0 Å². The number of carboxylic acids is 1. The van der Waals surface area contributed by atoms with Crippen LogP contribution in [-0.4, -0.2) is 96.4 Å². The van der Waals surface area contributed by atoms with E-state index in [1.165, 1.54) is 48.5 Å². The molecule has 3 heterocycles. The Morgan fingerprint density at radius 3 is 1.07 bits per heavy atom. The summed E-state index contributed by atoms with van der Waals surface area (Å²) in [7, 11) is 0. The van der Waals surface area contributed by atoms with Crippen molar-refractivity contribution in [3.63, 3.8) is 0 Å². The Hall–Kier alpha value is -11.4. The predicted octanol–water partition coefficient (Wildman–Crippen LogP) is 20.4. The summed E-state index contributed by atoms with van der Waals surface area (Å²) in [5, 5.41) is 7.24. The Balaban J connectivity index is 0.000000202. The van der Waals surface area contributed by atoms with E-state index in [0.29, 0.717) is 0 Å². The summed E-state index contributed by atoms with van der Waals surface area (Å²) in [6.07, 6.45) is -39.3. The SMILES string of the molecule is Nc1c(Cl)cc(C(F)(C(F)(F)F)C(F)(F)F)cc1OC(F)F.O=C(Cc1cccc(C(=O)Cl)c1F)c1ccc2c(c1)OC(F)(F)O2.O=C(Cc1cccc(C(=O)Nc2c(Cl)cc(C(F)(C(F)(F)F)C(F)(F)F)cc2OC(F)F)c1F)c1ccc2c(c1)OC(F)(F)O2.O=C(Cc1cccc(C(=O)O)c1F)c1ccc2c(c1)OC(F)(F)O2. The first-order chi connectivity index (χ1) is 52.9. The third-order valence-corrected chi connectivity index (χ3v) is 16.1. The molecule has 0 bridgehead atoms. The van der Waals surface area contributed by atoms with Crippen molar-refractivity contribution in [1.82, 2.24) is 0 Å². The Bertz CT molecular complexity index is 4950. The largest absolute Gasteiger partial charge is 0.586 e. The molecular formula is C68H34Cl3F27N2O15. The number of hydrogen-bond acceptors (Lipinski definition) is 15. The molecule has 3 aliphatic rings. The monoisotopic (exact) mass is 1740 g/mol. The smallest absolute Gasteiger partial charge is 0.478 e. The maximum absolute atomic E-state index is 15.3. The van der Waals surface area contributed by atoms with E-state index in [1.807, 2.05) is 0 Å². The van der Waals surface area contributed by atoms with Gasteiger partial charge in [-0.15, -0.1) is 26.3 Å². The van der Waals surface area contributed by atoms with Crippen LogP contribution in [0.4, 0.5) is 130 Å². The molecular weight excluding hydrogens is 1700 g/mol. The van der Waals surface area contributed by atoms with E-state index in [4.69, 9.17) is 45.6 Å². The maximum atomic E-state index is 15.3. The van der Waals surface area contributed by atoms with E-state index in [9.17, 15) is 143 Å². The first-order valence-electron chi connectivity index (χ1n) is 30.2. The molecule has 0 aromatic heterocycles. The van der Waals surface area contributed by atoms with E-state index in [0.717, 1.165) is 60.7 Å². The molecule has 0 unspecified atom stereocenters. The van der Waals surface area contributed by atoms with Crippen molar-refractivity contribution in [2.75, 3.05) is 11.1 Å². The Morgan fingerprint density at radius 1 is 0.426 bits per heavy atom. The van der Waals surface area contributed by atoms with E-state index >= 15 is 4.39 Å². The number of benzene rings is 8. The second-order valence-electron chi connectivity index (χ2n) is 22.9. The highest BCUT2D eigenvalue weighted by Gasteiger charge is 2.75. The molecule has 8 aromatic rings. The molecule has 11 rings (SSSR count). The highest BCUT2D eigenvalue weighted by atomic mass is 35.5. The number of carbonyl (C=O) groups is 6. The zero-order chi connectivity index (χ0) is 86.2. The molecule has 616 valence electrons. The Labute approximate surface area is 635 Å². The summed E-state index contributed by atoms with van der Waals surface area (Å²) in [6, 6.07) is 19.4. The van der Waals surface area contributed by atoms with E-state index < -0.39 is 211 Å². The topological polar surface area (TPSA) is 235 Å². The lowest BCUT2D eigenvalue weighted by Gasteiger charge is -2.31. The summed E-state index contributed by atoms with van der Waals surface area (Å²) in [6.45, 7) is -7.56. The molecule has 0 aliphatic carbocycles. The van der Waals surface area contributed by atoms with Crippen LogP contribution in [0.15, 0.2) is 133 Å². The number of halogens is 30. The summed E-state index contributed by atoms with van der Waals surface area (Å²) in [5.41, 5.74) is -15.9. The van der Waals surface area contributed by atoms with Crippen molar-refractivity contribution < 1.29 is 190 Å². The van der Waals surface area contributed by atoms with Gasteiger partial charge in [-0.1, -0.05) is 59.6 Å². The second kappa shape index (κ2) is 33.2. The minimum atomic E-state index is -6.66. The van der Waals surface area contributed by atoms with Gasteiger partial charge in [0.15, 0.2) is 63.3 Å². The normalized spacial score (nSPS) is 14.3. The van der Waals surface area contributed by atoms with Gasteiger partial charge >= 0.3 is 74.1 Å². The Kier molecular flexibility index (Phi) is 25.7. The molecule has 0 saturated heterocycles. The van der Waals surface area contributed by atoms with Crippen LogP contribution in [-0.2, 0) is 30.6 Å². The molecule has 115 heavy (non-hydrogen) atoms. The van der Waals surface area contributed by atoms with Crippen LogP contribution >= 0.6 is 34.8 Å². The van der Waals surface area contributed by atoms with Crippen LogP contribution in [0.1, 0.15) is 90.0 Å². The fourth-order valence-corrected chi connectivity index (χ4v) is 10.7. The third-order valence-electron chi connectivity index (χ3n) is 15.3. The van der Waals surface area contributed by atoms with Gasteiger partial charge in [-0.25, -0.2) is 26.7 Å². The van der Waals surface area contributed by atoms with Crippen LogP contribution in [0.5, 0.6) is 46.0 Å². The number of aromatic carboxylic acids is 1. The van der Waals surface area contributed by atoms with E-state index in [-0.39, 0.29) is 81.0 Å². The average molecular weight is 1740 g/mol. The van der Waals surface area contributed by atoms with Gasteiger partial charge in [0, 0.05) is 47.1 Å². The molecule has 0 fully saturated rings. The van der Waals surface area contributed by atoms with Crippen molar-refractivity contribution in [1.29, 1.82) is 0 Å². The number of rotatable bonds is 19. The van der Waals surface area contributed by atoms with E-state index in [1.54, 1.807) is 5.32 Å². The number of nitrogen functional groups attached to an aromatic ring is 1. The van der Waals surface area contributed by atoms with Crippen molar-refractivity contribution in [3.05, 3.63) is 222 Å². The fraction of sp³-hybridized carbons (Fsp3) is 0.206. The molecule has 3 aliphatic heterocycles. The Morgan fingerprint density at radius 2 is 0.730 bits per heavy atom. The standard InChI is InChI=1S/C26H12ClF12NO5.C16H8ClF3O4.C16H9F3O5.C10H5ClF9NO/c27-14-8-12(23(31,24(32,33)34)25(35,36)37)9-18(43-22(29)30)20(14)40-21(42)13-3-1-2-11(19(13)28)6-15(41)10-4-5-16-17(7-10)45-26(38,39)44-16;17-15(22)10-3-1-2-9(14(10)18)6-11(21)8-4-5-12-13(7-8)24-16(19,20)23-12;17-14-9(2-1-3-10(14)15(21)22)6-11(20)8-4-5-12-13(7-8)24-16(18,19)23-12;11-4-1-3(2-5(6(4)21)22-7(12)13)8(14,9(15,16)17)10(18,19)20/h1-5,7-9,22H,6H2,(H,40,42);1-5,7H,6H2;1-5,7H,6H2,(H,21,22);1-2,7H,21H2. The summed E-state index contributed by atoms with van der Waals surface area (Å²) in [4.78, 5) is 72.0. The van der Waals surface area contributed by atoms with Crippen LogP contribution in [0.2, 0.25) is 10.0 Å². The molecule has 17 nitrogen and oxygen atoms in total. The number of Topliss-reactive ketones (excluding diaryl/α,β-unsaturated/α-hetero) is 3.